The summed E-state index contributed by atoms with van der Waals surface area (Å²) in [4.78, 5) is 8.76. The quantitative estimate of drug-likeness (QED) is 0.707. The molecule has 0 aliphatic heterocycles. The number of nitrogens with zero attached hydrogens (tertiary/aromatic N) is 3. The van der Waals surface area contributed by atoms with E-state index in [1.165, 1.54) is 0 Å². The molecule has 3 nitrogen and oxygen atoms in total. The minimum absolute atomic E-state index is 0.926. The lowest BCUT2D eigenvalue weighted by Gasteiger charge is -1.99. The van der Waals surface area contributed by atoms with E-state index in [1.54, 1.807) is 0 Å². The number of fused-ring (bicyclic) bond motifs is 1. The van der Waals surface area contributed by atoms with Crippen LogP contribution in [-0.4, -0.2) is 14.4 Å². The van der Waals surface area contributed by atoms with Crippen molar-refractivity contribution >= 4 is 21.6 Å². The second kappa shape index (κ2) is 2.80. The molecule has 2 aromatic heterocycles. The maximum atomic E-state index is 4.41. The van der Waals surface area contributed by atoms with Crippen molar-refractivity contribution in [3.8, 4) is 0 Å². The Morgan fingerprint density at radius 3 is 2.54 bits per heavy atom. The maximum absolute atomic E-state index is 4.41. The van der Waals surface area contributed by atoms with Gasteiger partial charge in [0, 0.05) is 6.20 Å². The molecule has 0 amide bonds. The van der Waals surface area contributed by atoms with Gasteiger partial charge in [0.25, 0.3) is 0 Å². The first kappa shape index (κ1) is 8.69. The van der Waals surface area contributed by atoms with Crippen LogP contribution in [0.1, 0.15) is 17.1 Å². The van der Waals surface area contributed by atoms with Gasteiger partial charge < -0.3 is 0 Å². The van der Waals surface area contributed by atoms with Crippen molar-refractivity contribution in [2.24, 2.45) is 0 Å². The predicted octanol–water partition coefficient (Wildman–Crippen LogP) is 2.42. The molecular weight excluding hydrogens is 230 g/mol. The van der Waals surface area contributed by atoms with Gasteiger partial charge in [0.1, 0.15) is 4.60 Å². The lowest BCUT2D eigenvalue weighted by atomic mass is 10.4. The summed E-state index contributed by atoms with van der Waals surface area (Å²) in [6.07, 6.45) is 1.98. The molecule has 0 aromatic carbocycles. The Bertz CT molecular complexity index is 473. The maximum Gasteiger partial charge on any atom is 0.159 e. The van der Waals surface area contributed by atoms with Gasteiger partial charge in [0.2, 0.25) is 0 Å². The van der Waals surface area contributed by atoms with E-state index in [0.717, 1.165) is 27.3 Å². The fourth-order valence-electron chi connectivity index (χ4n) is 1.43. The fraction of sp³-hybridized carbons (Fsp3) is 0.333. The Morgan fingerprint density at radius 2 is 1.85 bits per heavy atom. The lowest BCUT2D eigenvalue weighted by Crippen LogP contribution is -1.94. The highest BCUT2D eigenvalue weighted by atomic mass is 79.9. The average Bonchev–Trinajstić information content (AvgIpc) is 2.32. The summed E-state index contributed by atoms with van der Waals surface area (Å²) in [6, 6.07) is 0. The van der Waals surface area contributed by atoms with Crippen LogP contribution in [0.4, 0.5) is 0 Å². The third kappa shape index (κ3) is 1.25. The molecule has 0 saturated carbocycles. The number of imidazole rings is 1. The van der Waals surface area contributed by atoms with Crippen molar-refractivity contribution in [2.45, 2.75) is 20.8 Å². The Morgan fingerprint density at radius 1 is 1.15 bits per heavy atom. The fourth-order valence-corrected chi connectivity index (χ4v) is 1.79. The Hall–Kier alpha value is -0.900. The highest BCUT2D eigenvalue weighted by molar-refractivity contribution is 9.10. The van der Waals surface area contributed by atoms with E-state index in [9.17, 15) is 0 Å². The molecule has 2 rings (SSSR count). The molecule has 0 aliphatic rings. The third-order valence-electron chi connectivity index (χ3n) is 2.00. The highest BCUT2D eigenvalue weighted by Gasteiger charge is 2.08. The summed E-state index contributed by atoms with van der Waals surface area (Å²) in [5.41, 5.74) is 3.89. The molecule has 0 atom stereocenters. The molecule has 0 spiro atoms. The molecule has 0 bridgehead atoms. The van der Waals surface area contributed by atoms with Crippen molar-refractivity contribution < 1.29 is 0 Å². The summed E-state index contributed by atoms with van der Waals surface area (Å²) in [7, 11) is 0. The van der Waals surface area contributed by atoms with Gasteiger partial charge in [-0.1, -0.05) is 0 Å². The zero-order chi connectivity index (χ0) is 9.59. The normalized spacial score (nSPS) is 11.1. The van der Waals surface area contributed by atoms with Gasteiger partial charge in [-0.3, -0.25) is 9.38 Å². The number of hydrogen-bond acceptors (Lipinski definition) is 2. The van der Waals surface area contributed by atoms with Crippen LogP contribution in [-0.2, 0) is 0 Å². The first-order chi connectivity index (χ1) is 6.09. The van der Waals surface area contributed by atoms with Gasteiger partial charge in [-0.2, -0.15) is 0 Å². The van der Waals surface area contributed by atoms with Crippen LogP contribution in [0.25, 0.3) is 5.65 Å². The average molecular weight is 240 g/mol. The zero-order valence-electron chi connectivity index (χ0n) is 7.80. The van der Waals surface area contributed by atoms with E-state index in [2.05, 4.69) is 25.9 Å². The van der Waals surface area contributed by atoms with E-state index in [0.29, 0.717) is 0 Å². The second-order valence-electron chi connectivity index (χ2n) is 3.15. The van der Waals surface area contributed by atoms with Gasteiger partial charge >= 0.3 is 0 Å². The lowest BCUT2D eigenvalue weighted by molar-refractivity contribution is 1.01. The molecule has 0 fully saturated rings. The van der Waals surface area contributed by atoms with Crippen molar-refractivity contribution in [1.82, 2.24) is 14.4 Å². The summed E-state index contributed by atoms with van der Waals surface area (Å²) < 4.78 is 3.03. The van der Waals surface area contributed by atoms with Crippen LogP contribution in [0.2, 0.25) is 0 Å². The SMILES string of the molecule is Cc1cn2c(Br)c(C)nc2c(C)n1. The van der Waals surface area contributed by atoms with E-state index in [4.69, 9.17) is 0 Å². The van der Waals surface area contributed by atoms with Crippen molar-refractivity contribution in [3.05, 3.63) is 27.9 Å². The van der Waals surface area contributed by atoms with Gasteiger partial charge in [0.05, 0.1) is 17.1 Å². The first-order valence-electron chi connectivity index (χ1n) is 4.08. The van der Waals surface area contributed by atoms with Gasteiger partial charge in [-0.25, -0.2) is 4.98 Å². The molecule has 0 unspecified atom stereocenters. The Kier molecular flexibility index (Phi) is 1.87. The number of hydrogen-bond donors (Lipinski definition) is 0. The zero-order valence-corrected chi connectivity index (χ0v) is 9.38. The van der Waals surface area contributed by atoms with Gasteiger partial charge in [-0.15, -0.1) is 0 Å². The van der Waals surface area contributed by atoms with Crippen molar-refractivity contribution in [1.29, 1.82) is 0 Å². The number of aromatic nitrogens is 3. The van der Waals surface area contributed by atoms with Gasteiger partial charge in [0.15, 0.2) is 5.65 Å². The molecule has 0 aliphatic carbocycles. The molecular formula is C9H10BrN3. The van der Waals surface area contributed by atoms with E-state index in [1.807, 2.05) is 31.4 Å². The molecule has 0 saturated heterocycles. The topological polar surface area (TPSA) is 30.2 Å². The minimum Gasteiger partial charge on any atom is -0.291 e. The molecule has 2 heterocycles. The Labute approximate surface area is 85.0 Å². The summed E-state index contributed by atoms with van der Waals surface area (Å²) in [5.74, 6) is 0. The molecule has 2 aromatic rings. The van der Waals surface area contributed by atoms with Crippen LogP contribution < -0.4 is 0 Å². The van der Waals surface area contributed by atoms with Crippen LogP contribution in [0.15, 0.2) is 10.8 Å². The summed E-state index contributed by atoms with van der Waals surface area (Å²) >= 11 is 3.49. The van der Waals surface area contributed by atoms with Crippen LogP contribution in [0, 0.1) is 20.8 Å². The van der Waals surface area contributed by atoms with E-state index >= 15 is 0 Å². The van der Waals surface area contributed by atoms with E-state index in [-0.39, 0.29) is 0 Å². The number of rotatable bonds is 0. The standard InChI is InChI=1S/C9H10BrN3/c1-5-4-13-8(10)6(2)12-9(13)7(3)11-5/h4H,1-3H3. The van der Waals surface area contributed by atoms with Crippen LogP contribution >= 0.6 is 15.9 Å². The molecule has 13 heavy (non-hydrogen) atoms. The summed E-state index contributed by atoms with van der Waals surface area (Å²) in [5, 5.41) is 0. The monoisotopic (exact) mass is 239 g/mol. The minimum atomic E-state index is 0.926. The van der Waals surface area contributed by atoms with E-state index < -0.39 is 0 Å². The van der Waals surface area contributed by atoms with Crippen molar-refractivity contribution in [3.63, 3.8) is 0 Å². The smallest absolute Gasteiger partial charge is 0.159 e. The van der Waals surface area contributed by atoms with Gasteiger partial charge in [-0.05, 0) is 36.7 Å². The molecule has 0 radical (unpaired) electrons. The summed E-state index contributed by atoms with van der Waals surface area (Å²) in [6.45, 7) is 5.93. The second-order valence-corrected chi connectivity index (χ2v) is 3.90. The highest BCUT2D eigenvalue weighted by Crippen LogP contribution is 2.19. The molecule has 68 valence electrons. The van der Waals surface area contributed by atoms with Crippen molar-refractivity contribution in [2.75, 3.05) is 0 Å². The molecule has 4 heteroatoms. The first-order valence-corrected chi connectivity index (χ1v) is 4.87. The number of halogens is 1. The third-order valence-corrected chi connectivity index (χ3v) is 2.95. The largest absolute Gasteiger partial charge is 0.291 e. The predicted molar refractivity (Wildman–Crippen MR) is 54.9 cm³/mol. The number of aryl methyl sites for hydroxylation is 3. The molecule has 0 N–H and O–H groups in total. The van der Waals surface area contributed by atoms with Crippen LogP contribution in [0.5, 0.6) is 0 Å². The van der Waals surface area contributed by atoms with Crippen LogP contribution in [0.3, 0.4) is 0 Å². The Balaban J connectivity index is 2.94.